The Morgan fingerprint density at radius 1 is 1.25 bits per heavy atom. The van der Waals surface area contributed by atoms with Crippen LogP contribution in [0.4, 0.5) is 5.69 Å². The molecule has 2 rings (SSSR count). The zero-order valence-corrected chi connectivity index (χ0v) is 11.8. The number of carbonyl (C=O) groups is 1. The zero-order valence-electron chi connectivity index (χ0n) is 11.8. The fraction of sp³-hybridized carbons (Fsp3) is 0.375. The minimum Gasteiger partial charge on any atom is -0.469 e. The van der Waals surface area contributed by atoms with Crippen LogP contribution in [0.3, 0.4) is 0 Å². The molecule has 0 aliphatic carbocycles. The predicted molar refractivity (Wildman–Crippen MR) is 80.7 cm³/mol. The lowest BCUT2D eigenvalue weighted by Crippen LogP contribution is -2.03. The first-order chi connectivity index (χ1) is 9.79. The second-order valence-electron chi connectivity index (χ2n) is 4.73. The van der Waals surface area contributed by atoms with Crippen LogP contribution in [0.5, 0.6) is 0 Å². The van der Waals surface area contributed by atoms with E-state index < -0.39 is 0 Å². The molecule has 0 spiro atoms. The van der Waals surface area contributed by atoms with Crippen molar-refractivity contribution >= 4 is 22.6 Å². The molecule has 0 radical (unpaired) electrons. The number of aromatic nitrogens is 1. The van der Waals surface area contributed by atoms with Crippen LogP contribution in [0.15, 0.2) is 36.5 Å². The van der Waals surface area contributed by atoms with E-state index in [1.165, 1.54) is 7.11 Å². The Morgan fingerprint density at radius 3 is 2.95 bits per heavy atom. The maximum atomic E-state index is 10.9. The van der Waals surface area contributed by atoms with Crippen molar-refractivity contribution in [1.29, 1.82) is 0 Å². The molecule has 0 bridgehead atoms. The number of methoxy groups -OCH3 is 1. The molecule has 20 heavy (non-hydrogen) atoms. The van der Waals surface area contributed by atoms with Crippen molar-refractivity contribution in [1.82, 2.24) is 4.98 Å². The maximum absolute atomic E-state index is 10.9. The van der Waals surface area contributed by atoms with Gasteiger partial charge < -0.3 is 10.1 Å². The molecule has 0 saturated heterocycles. The molecule has 1 N–H and O–H groups in total. The number of hydrogen-bond donors (Lipinski definition) is 1. The van der Waals surface area contributed by atoms with E-state index in [1.807, 2.05) is 24.4 Å². The van der Waals surface area contributed by atoms with Crippen LogP contribution in [-0.4, -0.2) is 24.6 Å². The topological polar surface area (TPSA) is 51.2 Å². The predicted octanol–water partition coefficient (Wildman–Crippen LogP) is 3.38. The number of nitrogens with zero attached hydrogens (tertiary/aromatic N) is 1. The summed E-state index contributed by atoms with van der Waals surface area (Å²) in [6.07, 6.45) is 5.29. The van der Waals surface area contributed by atoms with Gasteiger partial charge in [0, 0.05) is 18.4 Å². The van der Waals surface area contributed by atoms with Crippen molar-refractivity contribution < 1.29 is 9.53 Å². The zero-order chi connectivity index (χ0) is 14.2. The summed E-state index contributed by atoms with van der Waals surface area (Å²) in [5.74, 6) is -0.128. The molecule has 4 nitrogen and oxygen atoms in total. The lowest BCUT2D eigenvalue weighted by molar-refractivity contribution is -0.140. The van der Waals surface area contributed by atoms with Crippen LogP contribution in [0.25, 0.3) is 10.9 Å². The summed E-state index contributed by atoms with van der Waals surface area (Å²) >= 11 is 0. The number of carbonyl (C=O) groups excluding carboxylic acids is 1. The standard InChI is InChI=1S/C16H20N2O2/c1-20-16(19)9-3-2-6-10-17-14-11-13-7-4-5-8-15(13)18-12-14/h4-5,7-8,11-12,17H,2-3,6,9-10H2,1H3. The normalized spacial score (nSPS) is 10.4. The highest BCUT2D eigenvalue weighted by Crippen LogP contribution is 2.16. The lowest BCUT2D eigenvalue weighted by atomic mass is 10.2. The minimum absolute atomic E-state index is 0.128. The second kappa shape index (κ2) is 7.48. The molecule has 0 atom stereocenters. The minimum atomic E-state index is -0.128. The van der Waals surface area contributed by atoms with E-state index in [0.717, 1.165) is 42.4 Å². The average Bonchev–Trinajstić information content (AvgIpc) is 2.50. The number of hydrogen-bond acceptors (Lipinski definition) is 4. The molecule has 0 fully saturated rings. The SMILES string of the molecule is COC(=O)CCCCCNc1cnc2ccccc2c1. The molecular formula is C16H20N2O2. The largest absolute Gasteiger partial charge is 0.469 e. The summed E-state index contributed by atoms with van der Waals surface area (Å²) in [7, 11) is 1.43. The molecule has 1 aromatic heterocycles. The van der Waals surface area contributed by atoms with Crippen LogP contribution < -0.4 is 5.32 Å². The van der Waals surface area contributed by atoms with E-state index in [9.17, 15) is 4.79 Å². The van der Waals surface area contributed by atoms with Gasteiger partial charge in [0.05, 0.1) is 24.5 Å². The van der Waals surface area contributed by atoms with Crippen LogP contribution >= 0.6 is 0 Å². The average molecular weight is 272 g/mol. The number of pyridine rings is 1. The fourth-order valence-electron chi connectivity index (χ4n) is 2.07. The Labute approximate surface area is 119 Å². The molecule has 4 heteroatoms. The molecule has 0 aliphatic rings. The van der Waals surface area contributed by atoms with E-state index in [4.69, 9.17) is 0 Å². The number of rotatable bonds is 7. The van der Waals surface area contributed by atoms with Crippen molar-refractivity contribution in [2.75, 3.05) is 19.0 Å². The third kappa shape index (κ3) is 4.23. The van der Waals surface area contributed by atoms with Crippen LogP contribution in [0, 0.1) is 0 Å². The summed E-state index contributed by atoms with van der Waals surface area (Å²) in [5, 5.41) is 4.50. The number of ether oxygens (including phenoxy) is 1. The Kier molecular flexibility index (Phi) is 5.35. The number of nitrogens with one attached hydrogen (secondary N) is 1. The Morgan fingerprint density at radius 2 is 2.10 bits per heavy atom. The first kappa shape index (κ1) is 14.3. The summed E-state index contributed by atoms with van der Waals surface area (Å²) in [4.78, 5) is 15.4. The third-order valence-electron chi connectivity index (χ3n) is 3.20. The molecule has 1 aromatic carbocycles. The smallest absolute Gasteiger partial charge is 0.305 e. The van der Waals surface area contributed by atoms with Crippen molar-refractivity contribution in [2.45, 2.75) is 25.7 Å². The van der Waals surface area contributed by atoms with Gasteiger partial charge in [0.25, 0.3) is 0 Å². The quantitative estimate of drug-likeness (QED) is 0.620. The van der Waals surface area contributed by atoms with E-state index in [1.54, 1.807) is 0 Å². The molecule has 106 valence electrons. The first-order valence-corrected chi connectivity index (χ1v) is 6.95. The van der Waals surface area contributed by atoms with Gasteiger partial charge in [-0.1, -0.05) is 24.6 Å². The van der Waals surface area contributed by atoms with Crippen LogP contribution in [0.2, 0.25) is 0 Å². The highest BCUT2D eigenvalue weighted by Gasteiger charge is 2.00. The van der Waals surface area contributed by atoms with E-state index in [0.29, 0.717) is 6.42 Å². The Hall–Kier alpha value is -2.10. The summed E-state index contributed by atoms with van der Waals surface area (Å²) in [6, 6.07) is 10.2. The molecule has 2 aromatic rings. The number of para-hydroxylation sites is 1. The van der Waals surface area contributed by atoms with Gasteiger partial charge in [-0.15, -0.1) is 0 Å². The van der Waals surface area contributed by atoms with Crippen molar-refractivity contribution in [3.05, 3.63) is 36.5 Å². The van der Waals surface area contributed by atoms with Gasteiger partial charge in [-0.3, -0.25) is 9.78 Å². The van der Waals surface area contributed by atoms with Crippen molar-refractivity contribution in [3.63, 3.8) is 0 Å². The number of fused-ring (bicyclic) bond motifs is 1. The summed E-state index contributed by atoms with van der Waals surface area (Å²) in [5.41, 5.74) is 2.05. The molecule has 1 heterocycles. The van der Waals surface area contributed by atoms with E-state index in [2.05, 4.69) is 27.2 Å². The molecule has 0 amide bonds. The van der Waals surface area contributed by atoms with Gasteiger partial charge in [0.2, 0.25) is 0 Å². The molecule has 0 saturated carbocycles. The van der Waals surface area contributed by atoms with Gasteiger partial charge in [-0.05, 0) is 25.0 Å². The summed E-state index contributed by atoms with van der Waals surface area (Å²) < 4.78 is 4.60. The van der Waals surface area contributed by atoms with Gasteiger partial charge in [0.15, 0.2) is 0 Å². The maximum Gasteiger partial charge on any atom is 0.305 e. The number of benzene rings is 1. The molecule has 0 aliphatic heterocycles. The van der Waals surface area contributed by atoms with Crippen molar-refractivity contribution in [3.8, 4) is 0 Å². The fourth-order valence-corrected chi connectivity index (χ4v) is 2.07. The number of esters is 1. The number of unbranched alkanes of at least 4 members (excludes halogenated alkanes) is 2. The van der Waals surface area contributed by atoms with E-state index >= 15 is 0 Å². The van der Waals surface area contributed by atoms with Crippen LogP contribution in [0.1, 0.15) is 25.7 Å². The van der Waals surface area contributed by atoms with E-state index in [-0.39, 0.29) is 5.97 Å². The van der Waals surface area contributed by atoms with Gasteiger partial charge in [0.1, 0.15) is 0 Å². The highest BCUT2D eigenvalue weighted by molar-refractivity contribution is 5.81. The summed E-state index contributed by atoms with van der Waals surface area (Å²) in [6.45, 7) is 0.890. The Bertz CT molecular complexity index is 569. The van der Waals surface area contributed by atoms with Crippen molar-refractivity contribution in [2.24, 2.45) is 0 Å². The number of anilines is 1. The highest BCUT2D eigenvalue weighted by atomic mass is 16.5. The second-order valence-corrected chi connectivity index (χ2v) is 4.73. The monoisotopic (exact) mass is 272 g/mol. The van der Waals surface area contributed by atoms with Crippen LogP contribution in [-0.2, 0) is 9.53 Å². The lowest BCUT2D eigenvalue weighted by Gasteiger charge is -2.07. The molecule has 0 unspecified atom stereocenters. The van der Waals surface area contributed by atoms with Gasteiger partial charge in [-0.2, -0.15) is 0 Å². The third-order valence-corrected chi connectivity index (χ3v) is 3.20. The van der Waals surface area contributed by atoms with Gasteiger partial charge in [-0.25, -0.2) is 0 Å². The van der Waals surface area contributed by atoms with Gasteiger partial charge >= 0.3 is 5.97 Å². The molecular weight excluding hydrogens is 252 g/mol. The first-order valence-electron chi connectivity index (χ1n) is 6.95. The Balaban J connectivity index is 1.72.